The van der Waals surface area contributed by atoms with E-state index in [1.807, 2.05) is 0 Å². The van der Waals surface area contributed by atoms with E-state index in [0.717, 1.165) is 36.2 Å². The predicted molar refractivity (Wildman–Crippen MR) is 38.4 cm³/mol. The summed E-state index contributed by atoms with van der Waals surface area (Å²) in [5.41, 5.74) is 0. The summed E-state index contributed by atoms with van der Waals surface area (Å²) in [6.07, 6.45) is 0. The molecule has 0 fully saturated rings. The maximum atomic E-state index is 4.53. The molecule has 1 radical (unpaired) electrons. The molecule has 4 heteroatoms. The Kier molecular flexibility index (Phi) is 28.1. The van der Waals surface area contributed by atoms with Gasteiger partial charge in [-0.05, 0) is 0 Å². The van der Waals surface area contributed by atoms with Crippen LogP contribution in [0, 0.1) is 0 Å². The van der Waals surface area contributed by atoms with Crippen LogP contribution < -0.4 is 0 Å². The molecule has 0 aliphatic heterocycles. The molecule has 37 valence electrons. The SMILES string of the molecule is [CH3][Al][CH3].[SiH3]O[SiH3]. The van der Waals surface area contributed by atoms with Gasteiger partial charge in [-0.3, -0.25) is 0 Å². The molecule has 0 N–H and O–H groups in total. The molecule has 0 saturated carbocycles. The summed E-state index contributed by atoms with van der Waals surface area (Å²) in [6.45, 7) is 0. The first-order chi connectivity index (χ1) is 2.83. The van der Waals surface area contributed by atoms with E-state index in [0.29, 0.717) is 0 Å². The summed E-state index contributed by atoms with van der Waals surface area (Å²) in [7, 11) is 1.86. The first-order valence-corrected chi connectivity index (χ1v) is 5.91. The fraction of sp³-hybridized carbons (Fsp3) is 1.00. The van der Waals surface area contributed by atoms with Crippen LogP contribution in [0.5, 0.6) is 0 Å². The van der Waals surface area contributed by atoms with Crippen LogP contribution in [0.3, 0.4) is 0 Å². The summed E-state index contributed by atoms with van der Waals surface area (Å²) in [5, 5.41) is 0. The van der Waals surface area contributed by atoms with Gasteiger partial charge in [0.05, 0.1) is 0 Å². The standard InChI is InChI=1S/2CH3.Al.H6OSi2/c;;;2-1-3/h2*1H3;;2-3H3. The van der Waals surface area contributed by atoms with Gasteiger partial charge in [0.25, 0.3) is 0 Å². The van der Waals surface area contributed by atoms with Crippen LogP contribution in [0.25, 0.3) is 0 Å². The molecule has 0 aromatic heterocycles. The predicted octanol–water partition coefficient (Wildman–Crippen LogP) is -1.65. The zero-order valence-electron chi connectivity index (χ0n) is 4.99. The molecule has 0 atom stereocenters. The Hall–Kier alpha value is 0.926. The van der Waals surface area contributed by atoms with Gasteiger partial charge < -0.3 is 4.12 Å². The second kappa shape index (κ2) is 16.8. The minimum absolute atomic E-state index is 0.750. The molecule has 1 nitrogen and oxygen atoms in total. The molecule has 0 amide bonds. The van der Waals surface area contributed by atoms with Gasteiger partial charge in [0.2, 0.25) is 0 Å². The average Bonchev–Trinajstić information content (AvgIpc) is 1.39. The molecule has 0 aliphatic carbocycles. The molecule has 0 spiro atoms. The monoisotopic (exact) mass is 135 g/mol. The first kappa shape index (κ1) is 10.0. The molecule has 0 aromatic carbocycles. The highest BCUT2D eigenvalue weighted by Crippen LogP contribution is 1.36. The normalized spacial score (nSPS) is 6.33. The van der Waals surface area contributed by atoms with E-state index in [9.17, 15) is 0 Å². The van der Waals surface area contributed by atoms with Crippen molar-refractivity contribution in [1.29, 1.82) is 0 Å². The van der Waals surface area contributed by atoms with Gasteiger partial charge >= 0.3 is 0 Å². The van der Waals surface area contributed by atoms with Crippen LogP contribution in [0.4, 0.5) is 0 Å². The van der Waals surface area contributed by atoms with Crippen LogP contribution in [0.2, 0.25) is 11.6 Å². The van der Waals surface area contributed by atoms with Crippen LogP contribution in [-0.2, 0) is 4.12 Å². The minimum atomic E-state index is 0.750. The lowest BCUT2D eigenvalue weighted by molar-refractivity contribution is 0.690. The molecule has 0 aromatic rings. The Morgan fingerprint density at radius 1 is 1.33 bits per heavy atom. The quantitative estimate of drug-likeness (QED) is 0.362. The van der Waals surface area contributed by atoms with Gasteiger partial charge in [-0.2, -0.15) is 0 Å². The Bertz CT molecular complexity index is 13.5. The summed E-state index contributed by atoms with van der Waals surface area (Å²) in [6, 6.07) is 0. The molecule has 0 saturated heterocycles. The Labute approximate surface area is 52.3 Å². The average molecular weight is 135 g/mol. The van der Waals surface area contributed by atoms with Gasteiger partial charge in [0, 0.05) is 0 Å². The minimum Gasteiger partial charge on any atom is -0.471 e. The number of rotatable bonds is 0. The highest BCUT2D eigenvalue weighted by molar-refractivity contribution is 6.31. The van der Waals surface area contributed by atoms with Gasteiger partial charge in [-0.1, -0.05) is 0 Å². The van der Waals surface area contributed by atoms with Crippen LogP contribution >= 0.6 is 0 Å². The lowest BCUT2D eigenvalue weighted by Gasteiger charge is -1.62. The third kappa shape index (κ3) is 88.5. The molecule has 0 aliphatic rings. The lowest BCUT2D eigenvalue weighted by atomic mass is 11.9. The first-order valence-electron chi connectivity index (χ1n) is 1.97. The summed E-state index contributed by atoms with van der Waals surface area (Å²) >= 11 is 0.750. The van der Waals surface area contributed by atoms with Crippen molar-refractivity contribution in [2.75, 3.05) is 0 Å². The third-order valence-corrected chi connectivity index (χ3v) is 0. The molecular weight excluding hydrogens is 123 g/mol. The van der Waals surface area contributed by atoms with E-state index in [1.54, 1.807) is 0 Å². The molecule has 0 heterocycles. The van der Waals surface area contributed by atoms with Crippen molar-refractivity contribution in [2.45, 2.75) is 11.6 Å². The van der Waals surface area contributed by atoms with E-state index in [2.05, 4.69) is 15.7 Å². The zero-order valence-corrected chi connectivity index (χ0v) is 10.1. The van der Waals surface area contributed by atoms with Crippen molar-refractivity contribution in [3.63, 3.8) is 0 Å². The third-order valence-electron chi connectivity index (χ3n) is 0. The van der Waals surface area contributed by atoms with E-state index >= 15 is 0 Å². The van der Waals surface area contributed by atoms with Crippen molar-refractivity contribution in [3.05, 3.63) is 0 Å². The van der Waals surface area contributed by atoms with E-state index in [4.69, 9.17) is 0 Å². The molecule has 0 unspecified atom stereocenters. The maximum Gasteiger partial charge on any atom is 0.191 e. The molecule has 0 bridgehead atoms. The lowest BCUT2D eigenvalue weighted by Crippen LogP contribution is -1.65. The Balaban J connectivity index is 0. The highest BCUT2D eigenvalue weighted by atomic mass is 28.3. The summed E-state index contributed by atoms with van der Waals surface area (Å²) in [5.74, 6) is 4.42. The van der Waals surface area contributed by atoms with Crippen LogP contribution in [0.15, 0.2) is 0 Å². The van der Waals surface area contributed by atoms with Crippen LogP contribution in [0.1, 0.15) is 0 Å². The number of hydrogen-bond donors (Lipinski definition) is 0. The van der Waals surface area contributed by atoms with Crippen molar-refractivity contribution >= 4 is 36.2 Å². The van der Waals surface area contributed by atoms with Crippen molar-refractivity contribution in [3.8, 4) is 0 Å². The van der Waals surface area contributed by atoms with Crippen molar-refractivity contribution < 1.29 is 4.12 Å². The molecule has 0 rings (SSSR count). The second-order valence-corrected chi connectivity index (χ2v) is 5.41. The van der Waals surface area contributed by atoms with Crippen molar-refractivity contribution in [1.82, 2.24) is 0 Å². The Morgan fingerprint density at radius 2 is 1.33 bits per heavy atom. The number of hydrogen-bond acceptors (Lipinski definition) is 1. The zero-order chi connectivity index (χ0) is 5.41. The van der Waals surface area contributed by atoms with E-state index < -0.39 is 0 Å². The fourth-order valence-corrected chi connectivity index (χ4v) is 0. The van der Waals surface area contributed by atoms with Crippen LogP contribution in [-0.4, -0.2) is 36.2 Å². The highest BCUT2D eigenvalue weighted by Gasteiger charge is 1.46. The van der Waals surface area contributed by atoms with Gasteiger partial charge in [0.15, 0.2) is 15.2 Å². The van der Waals surface area contributed by atoms with E-state index in [1.165, 1.54) is 0 Å². The topological polar surface area (TPSA) is 9.23 Å². The second-order valence-electron chi connectivity index (χ2n) is 0.986. The molecule has 6 heavy (non-hydrogen) atoms. The van der Waals surface area contributed by atoms with Gasteiger partial charge in [-0.15, -0.1) is 11.6 Å². The fourth-order valence-electron chi connectivity index (χ4n) is 0. The molecular formula is C2H12AlOSi2. The Morgan fingerprint density at radius 3 is 1.33 bits per heavy atom. The van der Waals surface area contributed by atoms with Crippen molar-refractivity contribution in [2.24, 2.45) is 0 Å². The maximum absolute atomic E-state index is 4.53. The van der Waals surface area contributed by atoms with Gasteiger partial charge in [-0.25, -0.2) is 0 Å². The van der Waals surface area contributed by atoms with Gasteiger partial charge in [0.1, 0.15) is 21.0 Å². The smallest absolute Gasteiger partial charge is 0.191 e. The van der Waals surface area contributed by atoms with E-state index in [-0.39, 0.29) is 0 Å². The largest absolute Gasteiger partial charge is 0.471 e. The summed E-state index contributed by atoms with van der Waals surface area (Å²) < 4.78 is 4.53. The summed E-state index contributed by atoms with van der Waals surface area (Å²) in [4.78, 5) is 0.